The van der Waals surface area contributed by atoms with Crippen LogP contribution in [0.25, 0.3) is 0 Å². The Bertz CT molecular complexity index is 219. The fourth-order valence-corrected chi connectivity index (χ4v) is 2.58. The molecule has 0 aromatic heterocycles. The van der Waals surface area contributed by atoms with Crippen molar-refractivity contribution in [2.24, 2.45) is 11.8 Å². The molecule has 3 atom stereocenters. The van der Waals surface area contributed by atoms with Gasteiger partial charge in [-0.15, -0.1) is 0 Å². The molecule has 4 heteroatoms. The van der Waals surface area contributed by atoms with Gasteiger partial charge in [-0.05, 0) is 31.7 Å². The van der Waals surface area contributed by atoms with Crippen LogP contribution >= 0.6 is 0 Å². The van der Waals surface area contributed by atoms with E-state index in [2.05, 4.69) is 5.32 Å². The van der Waals surface area contributed by atoms with Crippen molar-refractivity contribution in [1.82, 2.24) is 5.32 Å². The Morgan fingerprint density at radius 2 is 2.29 bits per heavy atom. The lowest BCUT2D eigenvalue weighted by atomic mass is 9.81. The smallest absolute Gasteiger partial charge is 0.306 e. The molecule has 0 radical (unpaired) electrons. The summed E-state index contributed by atoms with van der Waals surface area (Å²) >= 11 is 0. The second kappa shape index (κ2) is 4.28. The minimum absolute atomic E-state index is 0.168. The first-order chi connectivity index (χ1) is 6.79. The van der Waals surface area contributed by atoms with E-state index >= 15 is 0 Å². The standard InChI is InChI=1S/C10H17NO3/c12-10(13)8-2-1-4-11-9-6-14-5-3-7(8)9/h7-9,11H,1-6H2,(H,12,13). The molecule has 0 aromatic carbocycles. The van der Waals surface area contributed by atoms with Gasteiger partial charge < -0.3 is 15.2 Å². The molecule has 2 aliphatic rings. The Morgan fingerprint density at radius 3 is 3.07 bits per heavy atom. The van der Waals surface area contributed by atoms with Crippen LogP contribution in [0.3, 0.4) is 0 Å². The highest BCUT2D eigenvalue weighted by Gasteiger charge is 2.37. The van der Waals surface area contributed by atoms with E-state index < -0.39 is 5.97 Å². The predicted molar refractivity (Wildman–Crippen MR) is 51.1 cm³/mol. The van der Waals surface area contributed by atoms with Crippen molar-refractivity contribution in [2.75, 3.05) is 19.8 Å². The molecule has 0 aromatic rings. The molecule has 0 spiro atoms. The lowest BCUT2D eigenvalue weighted by Gasteiger charge is -2.33. The van der Waals surface area contributed by atoms with E-state index in [0.717, 1.165) is 25.8 Å². The fraction of sp³-hybridized carbons (Fsp3) is 0.900. The predicted octanol–water partition coefficient (Wildman–Crippen LogP) is 0.476. The molecule has 4 nitrogen and oxygen atoms in total. The van der Waals surface area contributed by atoms with Crippen LogP contribution in [0.4, 0.5) is 0 Å². The highest BCUT2D eigenvalue weighted by Crippen LogP contribution is 2.29. The van der Waals surface area contributed by atoms with Crippen LogP contribution in [0.2, 0.25) is 0 Å². The highest BCUT2D eigenvalue weighted by molar-refractivity contribution is 5.70. The van der Waals surface area contributed by atoms with E-state index in [-0.39, 0.29) is 17.9 Å². The second-order valence-corrected chi connectivity index (χ2v) is 4.18. The van der Waals surface area contributed by atoms with Gasteiger partial charge in [-0.1, -0.05) is 0 Å². The van der Waals surface area contributed by atoms with Crippen LogP contribution in [-0.4, -0.2) is 36.9 Å². The number of fused-ring (bicyclic) bond motifs is 1. The minimum atomic E-state index is -0.634. The number of hydrogen-bond acceptors (Lipinski definition) is 3. The number of aliphatic carboxylic acids is 1. The molecule has 2 fully saturated rings. The summed E-state index contributed by atoms with van der Waals surface area (Å²) in [6, 6.07) is 0.257. The number of hydrogen-bond donors (Lipinski definition) is 2. The number of carboxylic acids is 1. The number of rotatable bonds is 1. The van der Waals surface area contributed by atoms with E-state index in [9.17, 15) is 4.79 Å². The van der Waals surface area contributed by atoms with Crippen LogP contribution in [0.1, 0.15) is 19.3 Å². The van der Waals surface area contributed by atoms with Gasteiger partial charge in [-0.25, -0.2) is 0 Å². The van der Waals surface area contributed by atoms with Crippen LogP contribution in [0, 0.1) is 11.8 Å². The summed E-state index contributed by atoms with van der Waals surface area (Å²) in [6.45, 7) is 2.31. The van der Waals surface area contributed by atoms with Gasteiger partial charge in [0.15, 0.2) is 0 Å². The molecule has 2 rings (SSSR count). The van der Waals surface area contributed by atoms with Crippen molar-refractivity contribution in [3.8, 4) is 0 Å². The average Bonchev–Trinajstić information content (AvgIpc) is 2.39. The SMILES string of the molecule is O=C(O)C1CCCNC2COCCC21. The first-order valence-corrected chi connectivity index (χ1v) is 5.33. The number of ether oxygens (including phenoxy) is 1. The summed E-state index contributed by atoms with van der Waals surface area (Å²) in [4.78, 5) is 11.1. The number of carboxylic acid groups (broad SMARTS) is 1. The van der Waals surface area contributed by atoms with Gasteiger partial charge in [-0.2, -0.15) is 0 Å². The molecule has 0 bridgehead atoms. The lowest BCUT2D eigenvalue weighted by molar-refractivity contribution is -0.145. The Morgan fingerprint density at radius 1 is 1.43 bits per heavy atom. The van der Waals surface area contributed by atoms with Gasteiger partial charge in [0.25, 0.3) is 0 Å². The molecule has 2 heterocycles. The molecule has 0 saturated carbocycles. The van der Waals surface area contributed by atoms with Crippen molar-refractivity contribution < 1.29 is 14.6 Å². The van der Waals surface area contributed by atoms with Gasteiger partial charge in [0.2, 0.25) is 0 Å². The van der Waals surface area contributed by atoms with E-state index in [1.807, 2.05) is 0 Å². The number of carbonyl (C=O) groups is 1. The molecule has 0 amide bonds. The van der Waals surface area contributed by atoms with Gasteiger partial charge >= 0.3 is 5.97 Å². The molecule has 2 aliphatic heterocycles. The third kappa shape index (κ3) is 1.91. The Kier molecular flexibility index (Phi) is 3.03. The van der Waals surface area contributed by atoms with E-state index in [1.54, 1.807) is 0 Å². The molecule has 2 saturated heterocycles. The second-order valence-electron chi connectivity index (χ2n) is 4.18. The van der Waals surface area contributed by atoms with Crippen LogP contribution in [0.15, 0.2) is 0 Å². The van der Waals surface area contributed by atoms with Crippen LogP contribution in [0.5, 0.6) is 0 Å². The minimum Gasteiger partial charge on any atom is -0.481 e. The maximum absolute atomic E-state index is 11.1. The maximum atomic E-state index is 11.1. The van der Waals surface area contributed by atoms with E-state index in [1.165, 1.54) is 0 Å². The molecular formula is C10H17NO3. The average molecular weight is 199 g/mol. The fourth-order valence-electron chi connectivity index (χ4n) is 2.58. The zero-order valence-electron chi connectivity index (χ0n) is 8.24. The Balaban J connectivity index is 2.10. The van der Waals surface area contributed by atoms with Gasteiger partial charge in [-0.3, -0.25) is 4.79 Å². The third-order valence-corrected chi connectivity index (χ3v) is 3.34. The quantitative estimate of drug-likeness (QED) is 0.644. The summed E-state index contributed by atoms with van der Waals surface area (Å²) in [5.41, 5.74) is 0. The van der Waals surface area contributed by atoms with Crippen molar-refractivity contribution in [3.63, 3.8) is 0 Å². The third-order valence-electron chi connectivity index (χ3n) is 3.34. The zero-order chi connectivity index (χ0) is 9.97. The molecule has 80 valence electrons. The van der Waals surface area contributed by atoms with Gasteiger partial charge in [0, 0.05) is 12.6 Å². The number of nitrogens with one attached hydrogen (secondary N) is 1. The van der Waals surface area contributed by atoms with Crippen molar-refractivity contribution in [3.05, 3.63) is 0 Å². The summed E-state index contributed by atoms with van der Waals surface area (Å²) in [6.07, 6.45) is 2.65. The van der Waals surface area contributed by atoms with Crippen molar-refractivity contribution >= 4 is 5.97 Å². The first kappa shape index (κ1) is 9.93. The normalized spacial score (nSPS) is 38.4. The zero-order valence-corrected chi connectivity index (χ0v) is 8.24. The van der Waals surface area contributed by atoms with Crippen molar-refractivity contribution in [1.29, 1.82) is 0 Å². The topological polar surface area (TPSA) is 58.6 Å². The van der Waals surface area contributed by atoms with E-state index in [4.69, 9.17) is 9.84 Å². The van der Waals surface area contributed by atoms with Gasteiger partial charge in [0.05, 0.1) is 12.5 Å². The summed E-state index contributed by atoms with van der Waals surface area (Å²) in [7, 11) is 0. The first-order valence-electron chi connectivity index (χ1n) is 5.33. The summed E-state index contributed by atoms with van der Waals surface area (Å²) in [5.74, 6) is -0.534. The maximum Gasteiger partial charge on any atom is 0.306 e. The largest absolute Gasteiger partial charge is 0.481 e. The van der Waals surface area contributed by atoms with Crippen LogP contribution < -0.4 is 5.32 Å². The summed E-state index contributed by atoms with van der Waals surface area (Å²) in [5, 5.41) is 12.5. The summed E-state index contributed by atoms with van der Waals surface area (Å²) < 4.78 is 5.37. The van der Waals surface area contributed by atoms with Crippen LogP contribution in [-0.2, 0) is 9.53 Å². The molecule has 0 aliphatic carbocycles. The molecule has 14 heavy (non-hydrogen) atoms. The van der Waals surface area contributed by atoms with Gasteiger partial charge in [0.1, 0.15) is 0 Å². The monoisotopic (exact) mass is 199 g/mol. The molecule has 3 unspecified atom stereocenters. The Hall–Kier alpha value is -0.610. The van der Waals surface area contributed by atoms with Crippen molar-refractivity contribution in [2.45, 2.75) is 25.3 Å². The highest BCUT2D eigenvalue weighted by atomic mass is 16.5. The molecule has 2 N–H and O–H groups in total. The van der Waals surface area contributed by atoms with E-state index in [0.29, 0.717) is 13.2 Å². The molecular weight excluding hydrogens is 182 g/mol. The Labute approximate surface area is 83.6 Å². The lowest BCUT2D eigenvalue weighted by Crippen LogP contribution is -2.46.